The lowest BCUT2D eigenvalue weighted by Crippen LogP contribution is -2.72. The van der Waals surface area contributed by atoms with Gasteiger partial charge in [0.2, 0.25) is 0 Å². The number of hydrogen-bond acceptors (Lipinski definition) is 2. The van der Waals surface area contributed by atoms with Crippen LogP contribution in [0, 0.1) is 11.3 Å². The van der Waals surface area contributed by atoms with E-state index in [1.807, 2.05) is 7.05 Å². The second-order valence-electron chi connectivity index (χ2n) is 8.56. The molecule has 3 rings (SSSR count). The van der Waals surface area contributed by atoms with Crippen molar-refractivity contribution < 1.29 is 4.74 Å². The van der Waals surface area contributed by atoms with Gasteiger partial charge in [-0.2, -0.15) is 0 Å². The van der Waals surface area contributed by atoms with Gasteiger partial charge in [0.1, 0.15) is 0 Å². The fraction of sp³-hybridized carbons (Fsp3) is 0.667. The van der Waals surface area contributed by atoms with E-state index in [9.17, 15) is 0 Å². The number of likely N-dealkylation sites (tertiary alicyclic amines) is 1. The maximum atomic E-state index is 6.12. The molecule has 0 saturated carbocycles. The third-order valence-corrected chi connectivity index (χ3v) is 6.45. The molecule has 1 N–H and O–H groups in total. The highest BCUT2D eigenvalue weighted by Crippen LogP contribution is 2.46. The number of ether oxygens (including phenoxy) is 1. The van der Waals surface area contributed by atoms with Crippen molar-refractivity contribution in [1.82, 2.24) is 10.2 Å². The van der Waals surface area contributed by atoms with E-state index in [0.29, 0.717) is 11.3 Å². The van der Waals surface area contributed by atoms with Crippen molar-refractivity contribution in [2.75, 3.05) is 26.7 Å². The van der Waals surface area contributed by atoms with Crippen LogP contribution in [0.15, 0.2) is 35.3 Å². The molecule has 0 aliphatic carbocycles. The zero-order valence-corrected chi connectivity index (χ0v) is 19.1. The first kappa shape index (κ1) is 21.5. The van der Waals surface area contributed by atoms with Crippen LogP contribution in [0.2, 0.25) is 0 Å². The molecule has 2 atom stereocenters. The fourth-order valence-corrected chi connectivity index (χ4v) is 3.98. The van der Waals surface area contributed by atoms with Gasteiger partial charge in [-0.3, -0.25) is 4.99 Å². The Bertz CT molecular complexity index is 615. The first-order valence-electron chi connectivity index (χ1n) is 9.51. The van der Waals surface area contributed by atoms with Gasteiger partial charge in [-0.1, -0.05) is 44.2 Å². The molecule has 2 aliphatic rings. The van der Waals surface area contributed by atoms with E-state index < -0.39 is 0 Å². The lowest BCUT2D eigenvalue weighted by Gasteiger charge is -2.62. The summed E-state index contributed by atoms with van der Waals surface area (Å²) < 4.78 is 6.12. The molecule has 0 amide bonds. The monoisotopic (exact) mass is 471 g/mol. The smallest absolute Gasteiger partial charge is 0.194 e. The summed E-state index contributed by atoms with van der Waals surface area (Å²) in [5.74, 6) is 1.49. The first-order valence-corrected chi connectivity index (χ1v) is 9.51. The van der Waals surface area contributed by atoms with Crippen LogP contribution >= 0.6 is 24.0 Å². The highest BCUT2D eigenvalue weighted by Gasteiger charge is 2.53. The van der Waals surface area contributed by atoms with Crippen molar-refractivity contribution in [3.8, 4) is 0 Å². The van der Waals surface area contributed by atoms with Gasteiger partial charge in [0, 0.05) is 43.6 Å². The molecule has 2 fully saturated rings. The van der Waals surface area contributed by atoms with E-state index in [2.05, 4.69) is 73.2 Å². The second-order valence-corrected chi connectivity index (χ2v) is 8.56. The molecule has 2 aliphatic heterocycles. The van der Waals surface area contributed by atoms with E-state index in [-0.39, 0.29) is 35.6 Å². The van der Waals surface area contributed by atoms with Crippen LogP contribution < -0.4 is 5.32 Å². The Hall–Kier alpha value is -0.820. The van der Waals surface area contributed by atoms with Gasteiger partial charge in [0.25, 0.3) is 0 Å². The number of hydrogen-bond donors (Lipinski definition) is 1. The number of benzene rings is 1. The minimum absolute atomic E-state index is 0. The highest BCUT2D eigenvalue weighted by atomic mass is 127. The number of halogens is 1. The van der Waals surface area contributed by atoms with Crippen molar-refractivity contribution >= 4 is 29.9 Å². The quantitative estimate of drug-likeness (QED) is 0.402. The topological polar surface area (TPSA) is 36.9 Å². The van der Waals surface area contributed by atoms with E-state index in [1.165, 1.54) is 12.0 Å². The van der Waals surface area contributed by atoms with E-state index in [0.717, 1.165) is 32.1 Å². The van der Waals surface area contributed by atoms with Gasteiger partial charge in [-0.25, -0.2) is 0 Å². The predicted octanol–water partition coefficient (Wildman–Crippen LogP) is 4.47. The molecule has 2 unspecified atom stereocenters. The summed E-state index contributed by atoms with van der Waals surface area (Å²) in [6.45, 7) is 12.1. The highest BCUT2D eigenvalue weighted by molar-refractivity contribution is 14.0. The first-order chi connectivity index (χ1) is 11.9. The minimum atomic E-state index is 0. The SMILES string of the molecule is CN=C(NCC1CCCOC1c1ccccc1)N1CC(C)(C)C1(C)C.I. The van der Waals surface area contributed by atoms with Crippen molar-refractivity contribution in [2.45, 2.75) is 52.2 Å². The molecule has 0 bridgehead atoms. The number of aliphatic imine (C=N–C) groups is 1. The summed E-state index contributed by atoms with van der Waals surface area (Å²) >= 11 is 0. The van der Waals surface area contributed by atoms with Crippen LogP contribution in [0.25, 0.3) is 0 Å². The molecular formula is C21H34IN3O. The Morgan fingerprint density at radius 1 is 1.23 bits per heavy atom. The van der Waals surface area contributed by atoms with Crippen molar-refractivity contribution in [2.24, 2.45) is 16.3 Å². The fourth-order valence-electron chi connectivity index (χ4n) is 3.98. The predicted molar refractivity (Wildman–Crippen MR) is 119 cm³/mol. The zero-order chi connectivity index (χ0) is 18.1. The number of guanidine groups is 1. The summed E-state index contributed by atoms with van der Waals surface area (Å²) in [4.78, 5) is 6.94. The van der Waals surface area contributed by atoms with Gasteiger partial charge in [-0.15, -0.1) is 24.0 Å². The minimum Gasteiger partial charge on any atom is -0.373 e. The molecular weight excluding hydrogens is 437 g/mol. The zero-order valence-electron chi connectivity index (χ0n) is 16.8. The molecule has 26 heavy (non-hydrogen) atoms. The standard InChI is InChI=1S/C21H33N3O.HI/c1-20(2)15-24(21(20,3)4)19(22-5)23-14-17-12-9-13-25-18(17)16-10-7-6-8-11-16;/h6-8,10-11,17-18H,9,12-15H2,1-5H3,(H,22,23);1H. The van der Waals surface area contributed by atoms with Gasteiger partial charge in [0.15, 0.2) is 5.96 Å². The summed E-state index contributed by atoms with van der Waals surface area (Å²) in [6.07, 6.45) is 2.51. The van der Waals surface area contributed by atoms with Crippen molar-refractivity contribution in [3.05, 3.63) is 35.9 Å². The van der Waals surface area contributed by atoms with Crippen molar-refractivity contribution in [1.29, 1.82) is 0 Å². The molecule has 2 heterocycles. The molecule has 1 aromatic rings. The van der Waals surface area contributed by atoms with Crippen LogP contribution in [-0.4, -0.2) is 43.1 Å². The molecule has 4 nitrogen and oxygen atoms in total. The average molecular weight is 471 g/mol. The Morgan fingerprint density at radius 3 is 2.50 bits per heavy atom. The Labute approximate surface area is 175 Å². The lowest BCUT2D eigenvalue weighted by atomic mass is 9.65. The molecule has 1 aromatic carbocycles. The largest absolute Gasteiger partial charge is 0.373 e. The number of nitrogens with zero attached hydrogens (tertiary/aromatic N) is 2. The molecule has 0 aromatic heterocycles. The van der Waals surface area contributed by atoms with E-state index in [1.54, 1.807) is 0 Å². The average Bonchev–Trinajstić information content (AvgIpc) is 2.62. The van der Waals surface area contributed by atoms with Gasteiger partial charge >= 0.3 is 0 Å². The van der Waals surface area contributed by atoms with Crippen LogP contribution in [0.1, 0.15) is 52.2 Å². The summed E-state index contributed by atoms with van der Waals surface area (Å²) in [5, 5.41) is 3.63. The Morgan fingerprint density at radius 2 is 1.92 bits per heavy atom. The lowest BCUT2D eigenvalue weighted by molar-refractivity contribution is -0.0678. The maximum absolute atomic E-state index is 6.12. The summed E-state index contributed by atoms with van der Waals surface area (Å²) in [6, 6.07) is 10.6. The van der Waals surface area contributed by atoms with Gasteiger partial charge in [-0.05, 0) is 32.3 Å². The molecule has 0 radical (unpaired) electrons. The van der Waals surface area contributed by atoms with Crippen molar-refractivity contribution in [3.63, 3.8) is 0 Å². The second kappa shape index (κ2) is 8.46. The van der Waals surface area contributed by atoms with Crippen LogP contribution in [0.4, 0.5) is 0 Å². The molecule has 2 saturated heterocycles. The molecule has 5 heteroatoms. The maximum Gasteiger partial charge on any atom is 0.194 e. The van der Waals surface area contributed by atoms with Crippen LogP contribution in [0.5, 0.6) is 0 Å². The summed E-state index contributed by atoms with van der Waals surface area (Å²) in [5.41, 5.74) is 1.72. The normalized spacial score (nSPS) is 27.3. The Balaban J connectivity index is 0.00000243. The Kier molecular flexibility index (Phi) is 6.99. The van der Waals surface area contributed by atoms with Gasteiger partial charge < -0.3 is 15.0 Å². The van der Waals surface area contributed by atoms with E-state index >= 15 is 0 Å². The van der Waals surface area contributed by atoms with Gasteiger partial charge in [0.05, 0.1) is 6.10 Å². The number of nitrogens with one attached hydrogen (secondary N) is 1. The van der Waals surface area contributed by atoms with Crippen LogP contribution in [0.3, 0.4) is 0 Å². The van der Waals surface area contributed by atoms with E-state index in [4.69, 9.17) is 4.74 Å². The summed E-state index contributed by atoms with van der Waals surface area (Å²) in [7, 11) is 1.88. The number of rotatable bonds is 3. The third-order valence-electron chi connectivity index (χ3n) is 6.45. The van der Waals surface area contributed by atoms with Crippen LogP contribution in [-0.2, 0) is 4.74 Å². The molecule has 0 spiro atoms. The third kappa shape index (κ3) is 4.03. The molecule has 146 valence electrons.